The second kappa shape index (κ2) is 5.14. The topological polar surface area (TPSA) is 34.9 Å². The monoisotopic (exact) mass is 348 g/mol. The van der Waals surface area contributed by atoms with Crippen LogP contribution in [-0.2, 0) is 6.54 Å². The first kappa shape index (κ1) is 13.5. The smallest absolute Gasteiger partial charge is 0.262 e. The van der Waals surface area contributed by atoms with E-state index in [0.717, 1.165) is 30.7 Å². The van der Waals surface area contributed by atoms with Crippen molar-refractivity contribution in [1.82, 2.24) is 9.55 Å². The quantitative estimate of drug-likeness (QED) is 0.694. The normalized spacial score (nSPS) is 11.2. The number of thiophene rings is 1. The van der Waals surface area contributed by atoms with Crippen molar-refractivity contribution in [3.8, 4) is 11.1 Å². The third-order valence-electron chi connectivity index (χ3n) is 3.33. The first-order valence-corrected chi connectivity index (χ1v) is 7.97. The molecule has 0 spiro atoms. The molecule has 3 rings (SSSR count). The van der Waals surface area contributed by atoms with Gasteiger partial charge in [-0.05, 0) is 31.5 Å². The fourth-order valence-corrected chi connectivity index (χ4v) is 3.59. The van der Waals surface area contributed by atoms with Crippen molar-refractivity contribution in [3.63, 3.8) is 0 Å². The number of aromatic nitrogens is 2. The molecule has 0 atom stereocenters. The Hall–Kier alpha value is -1.46. The van der Waals surface area contributed by atoms with E-state index < -0.39 is 0 Å². The molecule has 2 aromatic heterocycles. The van der Waals surface area contributed by atoms with E-state index in [1.54, 1.807) is 22.2 Å². The van der Waals surface area contributed by atoms with Crippen molar-refractivity contribution >= 4 is 37.5 Å². The SMILES string of the molecule is CCn1cnc2sc(C)c(-c3ccc(Br)cc3)c2c1=O. The van der Waals surface area contributed by atoms with Crippen LogP contribution in [0, 0.1) is 6.92 Å². The number of rotatable bonds is 2. The number of aryl methyl sites for hydroxylation is 2. The van der Waals surface area contributed by atoms with Crippen LogP contribution in [0.25, 0.3) is 21.3 Å². The predicted octanol–water partition coefficient (Wildman–Crippen LogP) is 4.22. The molecule has 3 aromatic rings. The largest absolute Gasteiger partial charge is 0.299 e. The summed E-state index contributed by atoms with van der Waals surface area (Å²) in [5, 5.41) is 0.735. The molecule has 1 aromatic carbocycles. The van der Waals surface area contributed by atoms with Crippen LogP contribution in [0.1, 0.15) is 11.8 Å². The highest BCUT2D eigenvalue weighted by molar-refractivity contribution is 9.10. The van der Waals surface area contributed by atoms with Gasteiger partial charge in [0.25, 0.3) is 5.56 Å². The van der Waals surface area contributed by atoms with E-state index >= 15 is 0 Å². The molecule has 0 fully saturated rings. The van der Waals surface area contributed by atoms with Crippen molar-refractivity contribution in [2.45, 2.75) is 20.4 Å². The van der Waals surface area contributed by atoms with Gasteiger partial charge >= 0.3 is 0 Å². The Kier molecular flexibility index (Phi) is 3.48. The van der Waals surface area contributed by atoms with E-state index in [2.05, 4.69) is 20.9 Å². The average molecular weight is 349 g/mol. The molecule has 0 unspecified atom stereocenters. The summed E-state index contributed by atoms with van der Waals surface area (Å²) in [6, 6.07) is 8.04. The highest BCUT2D eigenvalue weighted by atomic mass is 79.9. The Labute approximate surface area is 129 Å². The third kappa shape index (κ3) is 2.11. The molecule has 0 saturated carbocycles. The van der Waals surface area contributed by atoms with Crippen LogP contribution in [0.5, 0.6) is 0 Å². The molecular weight excluding hydrogens is 336 g/mol. The number of hydrogen-bond donors (Lipinski definition) is 0. The lowest BCUT2D eigenvalue weighted by Gasteiger charge is -2.04. The zero-order valence-electron chi connectivity index (χ0n) is 11.2. The number of benzene rings is 1. The summed E-state index contributed by atoms with van der Waals surface area (Å²) in [5.74, 6) is 0. The average Bonchev–Trinajstić information content (AvgIpc) is 2.77. The van der Waals surface area contributed by atoms with Crippen LogP contribution < -0.4 is 5.56 Å². The molecule has 102 valence electrons. The first-order chi connectivity index (χ1) is 9.61. The van der Waals surface area contributed by atoms with Crippen LogP contribution >= 0.6 is 27.3 Å². The molecule has 0 aliphatic carbocycles. The zero-order valence-corrected chi connectivity index (χ0v) is 13.6. The van der Waals surface area contributed by atoms with Gasteiger partial charge in [0, 0.05) is 21.5 Å². The Balaban J connectivity index is 2.37. The van der Waals surface area contributed by atoms with Gasteiger partial charge in [-0.3, -0.25) is 9.36 Å². The van der Waals surface area contributed by atoms with Crippen LogP contribution in [0.2, 0.25) is 0 Å². The predicted molar refractivity (Wildman–Crippen MR) is 87.4 cm³/mol. The van der Waals surface area contributed by atoms with E-state index in [4.69, 9.17) is 0 Å². The third-order valence-corrected chi connectivity index (χ3v) is 4.87. The van der Waals surface area contributed by atoms with Crippen LogP contribution in [0.4, 0.5) is 0 Å². The van der Waals surface area contributed by atoms with Gasteiger partial charge in [-0.2, -0.15) is 0 Å². The van der Waals surface area contributed by atoms with E-state index in [9.17, 15) is 4.79 Å². The molecule has 5 heteroatoms. The van der Waals surface area contributed by atoms with Gasteiger partial charge in [-0.1, -0.05) is 28.1 Å². The van der Waals surface area contributed by atoms with Crippen molar-refractivity contribution in [2.24, 2.45) is 0 Å². The molecule has 0 aliphatic rings. The second-order valence-corrected chi connectivity index (χ2v) is 6.67. The standard InChI is InChI=1S/C15H13BrN2OS/c1-3-18-8-17-14-13(15(18)19)12(9(2)20-14)10-4-6-11(16)7-5-10/h4-8H,3H2,1-2H3. The van der Waals surface area contributed by atoms with Crippen molar-refractivity contribution in [2.75, 3.05) is 0 Å². The Morgan fingerprint density at radius 3 is 2.65 bits per heavy atom. The van der Waals surface area contributed by atoms with Gasteiger partial charge in [0.1, 0.15) is 4.83 Å². The Bertz CT molecular complexity index is 833. The summed E-state index contributed by atoms with van der Waals surface area (Å²) in [6.07, 6.45) is 1.63. The summed E-state index contributed by atoms with van der Waals surface area (Å²) in [6.45, 7) is 4.63. The summed E-state index contributed by atoms with van der Waals surface area (Å²) in [5.41, 5.74) is 2.11. The minimum absolute atomic E-state index is 0.0415. The lowest BCUT2D eigenvalue weighted by molar-refractivity contribution is 0.718. The van der Waals surface area contributed by atoms with E-state index in [0.29, 0.717) is 6.54 Å². The van der Waals surface area contributed by atoms with E-state index in [1.165, 1.54) is 0 Å². The lowest BCUT2D eigenvalue weighted by atomic mass is 10.0. The molecule has 0 aliphatic heterocycles. The highest BCUT2D eigenvalue weighted by Gasteiger charge is 2.16. The number of nitrogens with zero attached hydrogens (tertiary/aromatic N) is 2. The Morgan fingerprint density at radius 1 is 1.30 bits per heavy atom. The van der Waals surface area contributed by atoms with E-state index in [1.807, 2.05) is 38.1 Å². The Morgan fingerprint density at radius 2 is 2.00 bits per heavy atom. The molecule has 2 heterocycles. The molecule has 0 radical (unpaired) electrons. The van der Waals surface area contributed by atoms with Gasteiger partial charge in [0.2, 0.25) is 0 Å². The maximum atomic E-state index is 12.6. The maximum Gasteiger partial charge on any atom is 0.262 e. The summed E-state index contributed by atoms with van der Waals surface area (Å²) < 4.78 is 2.68. The zero-order chi connectivity index (χ0) is 14.3. The lowest BCUT2D eigenvalue weighted by Crippen LogP contribution is -2.19. The van der Waals surface area contributed by atoms with Gasteiger partial charge in [-0.25, -0.2) is 4.98 Å². The minimum Gasteiger partial charge on any atom is -0.299 e. The molecular formula is C15H13BrN2OS. The van der Waals surface area contributed by atoms with Crippen LogP contribution in [0.3, 0.4) is 0 Å². The number of fused-ring (bicyclic) bond motifs is 1. The maximum absolute atomic E-state index is 12.6. The highest BCUT2D eigenvalue weighted by Crippen LogP contribution is 2.35. The molecule has 0 amide bonds. The van der Waals surface area contributed by atoms with Crippen LogP contribution in [-0.4, -0.2) is 9.55 Å². The summed E-state index contributed by atoms with van der Waals surface area (Å²) in [4.78, 5) is 18.9. The van der Waals surface area contributed by atoms with Crippen LogP contribution in [0.15, 0.2) is 39.9 Å². The van der Waals surface area contributed by atoms with E-state index in [-0.39, 0.29) is 5.56 Å². The number of halogens is 1. The van der Waals surface area contributed by atoms with Crippen molar-refractivity contribution < 1.29 is 0 Å². The van der Waals surface area contributed by atoms with Crippen molar-refractivity contribution in [1.29, 1.82) is 0 Å². The van der Waals surface area contributed by atoms with Gasteiger partial charge in [-0.15, -0.1) is 11.3 Å². The van der Waals surface area contributed by atoms with Gasteiger partial charge in [0.15, 0.2) is 0 Å². The minimum atomic E-state index is 0.0415. The fourth-order valence-electron chi connectivity index (χ4n) is 2.33. The second-order valence-electron chi connectivity index (χ2n) is 4.56. The molecule has 0 saturated heterocycles. The molecule has 20 heavy (non-hydrogen) atoms. The fraction of sp³-hybridized carbons (Fsp3) is 0.200. The molecule has 0 bridgehead atoms. The first-order valence-electron chi connectivity index (χ1n) is 6.36. The van der Waals surface area contributed by atoms with Crippen molar-refractivity contribution in [3.05, 3.63) is 50.3 Å². The summed E-state index contributed by atoms with van der Waals surface area (Å²) >= 11 is 5.01. The number of hydrogen-bond acceptors (Lipinski definition) is 3. The van der Waals surface area contributed by atoms with Gasteiger partial charge < -0.3 is 0 Å². The summed E-state index contributed by atoms with van der Waals surface area (Å²) in [7, 11) is 0. The van der Waals surface area contributed by atoms with Gasteiger partial charge in [0.05, 0.1) is 11.7 Å². The molecule has 3 nitrogen and oxygen atoms in total. The molecule has 0 N–H and O–H groups in total.